The Labute approximate surface area is 108 Å². The number of hydrogen-bond donors (Lipinski definition) is 1. The first-order valence-corrected chi connectivity index (χ1v) is 7.17. The van der Waals surface area contributed by atoms with Crippen molar-refractivity contribution in [2.24, 2.45) is 17.8 Å². The molecule has 0 heterocycles. The summed E-state index contributed by atoms with van der Waals surface area (Å²) in [5.41, 5.74) is 0. The number of nitrogens with one attached hydrogen (secondary N) is 1. The lowest BCUT2D eigenvalue weighted by Crippen LogP contribution is -2.36. The zero-order valence-electron chi connectivity index (χ0n) is 12.5. The van der Waals surface area contributed by atoms with Gasteiger partial charge in [0.2, 0.25) is 5.91 Å². The fourth-order valence-corrected chi connectivity index (χ4v) is 2.02. The van der Waals surface area contributed by atoms with Gasteiger partial charge in [0, 0.05) is 12.0 Å². The first kappa shape index (κ1) is 16.5. The van der Waals surface area contributed by atoms with E-state index in [-0.39, 0.29) is 17.9 Å². The van der Waals surface area contributed by atoms with E-state index in [0.717, 1.165) is 18.8 Å². The Morgan fingerprint density at radius 2 is 1.65 bits per heavy atom. The Balaban J connectivity index is 4.26. The molecule has 2 nitrogen and oxygen atoms in total. The standard InChI is InChI=1S/C15H31NO/c1-7-13(6)8-9-14(10-11(2)3)15(17)16-12(4)5/h11-14H,7-10H2,1-6H3,(H,16,17). The average molecular weight is 241 g/mol. The highest BCUT2D eigenvalue weighted by molar-refractivity contribution is 5.78. The molecule has 0 saturated carbocycles. The van der Waals surface area contributed by atoms with Crippen LogP contribution < -0.4 is 5.32 Å². The number of rotatable bonds is 8. The van der Waals surface area contributed by atoms with E-state index in [0.29, 0.717) is 5.92 Å². The van der Waals surface area contributed by atoms with Crippen molar-refractivity contribution >= 4 is 5.91 Å². The largest absolute Gasteiger partial charge is 0.354 e. The van der Waals surface area contributed by atoms with Crippen LogP contribution in [0.25, 0.3) is 0 Å². The van der Waals surface area contributed by atoms with Crippen LogP contribution in [0.4, 0.5) is 0 Å². The van der Waals surface area contributed by atoms with Crippen molar-refractivity contribution in [2.75, 3.05) is 0 Å². The van der Waals surface area contributed by atoms with E-state index in [1.165, 1.54) is 12.8 Å². The van der Waals surface area contributed by atoms with E-state index < -0.39 is 0 Å². The lowest BCUT2D eigenvalue weighted by molar-refractivity contribution is -0.126. The third-order valence-corrected chi connectivity index (χ3v) is 3.26. The molecule has 0 aliphatic carbocycles. The average Bonchev–Trinajstić information content (AvgIpc) is 2.21. The second kappa shape index (κ2) is 8.54. The van der Waals surface area contributed by atoms with Crippen LogP contribution in [0, 0.1) is 17.8 Å². The summed E-state index contributed by atoms with van der Waals surface area (Å²) >= 11 is 0. The van der Waals surface area contributed by atoms with Gasteiger partial charge in [-0.15, -0.1) is 0 Å². The van der Waals surface area contributed by atoms with E-state index in [2.05, 4.69) is 33.0 Å². The highest BCUT2D eigenvalue weighted by Gasteiger charge is 2.20. The zero-order chi connectivity index (χ0) is 13.4. The fraction of sp³-hybridized carbons (Fsp3) is 0.933. The summed E-state index contributed by atoms with van der Waals surface area (Å²) in [5, 5.41) is 3.05. The molecule has 0 spiro atoms. The Morgan fingerprint density at radius 3 is 2.06 bits per heavy atom. The molecule has 0 saturated heterocycles. The van der Waals surface area contributed by atoms with Crippen molar-refractivity contribution in [1.29, 1.82) is 0 Å². The van der Waals surface area contributed by atoms with Crippen LogP contribution in [-0.2, 0) is 4.79 Å². The molecule has 2 unspecified atom stereocenters. The lowest BCUT2D eigenvalue weighted by atomic mass is 9.88. The monoisotopic (exact) mass is 241 g/mol. The molecular formula is C15H31NO. The van der Waals surface area contributed by atoms with Crippen LogP contribution >= 0.6 is 0 Å². The van der Waals surface area contributed by atoms with Gasteiger partial charge < -0.3 is 5.32 Å². The van der Waals surface area contributed by atoms with Crippen LogP contribution in [0.1, 0.15) is 67.2 Å². The molecule has 0 bridgehead atoms. The minimum absolute atomic E-state index is 0.200. The molecule has 0 aromatic rings. The Bertz CT molecular complexity index is 211. The Morgan fingerprint density at radius 1 is 1.06 bits per heavy atom. The molecule has 17 heavy (non-hydrogen) atoms. The molecule has 0 aliphatic heterocycles. The molecule has 0 aromatic heterocycles. The van der Waals surface area contributed by atoms with E-state index in [1.54, 1.807) is 0 Å². The minimum atomic E-state index is 0.200. The fourth-order valence-electron chi connectivity index (χ4n) is 2.02. The summed E-state index contributed by atoms with van der Waals surface area (Å²) in [6.45, 7) is 12.9. The molecule has 0 radical (unpaired) electrons. The number of amides is 1. The normalized spacial score (nSPS) is 15.1. The van der Waals surface area contributed by atoms with Gasteiger partial charge in [0.15, 0.2) is 0 Å². The van der Waals surface area contributed by atoms with Crippen LogP contribution in [0.3, 0.4) is 0 Å². The number of carbonyl (C=O) groups excluding carboxylic acids is 1. The summed E-state index contributed by atoms with van der Waals surface area (Å²) in [4.78, 5) is 12.1. The van der Waals surface area contributed by atoms with Crippen molar-refractivity contribution in [1.82, 2.24) is 5.32 Å². The van der Waals surface area contributed by atoms with Crippen LogP contribution in [0.15, 0.2) is 0 Å². The first-order chi connectivity index (χ1) is 7.86. The van der Waals surface area contributed by atoms with Crippen molar-refractivity contribution in [2.45, 2.75) is 73.3 Å². The molecule has 2 atom stereocenters. The van der Waals surface area contributed by atoms with Gasteiger partial charge >= 0.3 is 0 Å². The molecule has 0 fully saturated rings. The first-order valence-electron chi connectivity index (χ1n) is 7.17. The second-order valence-electron chi connectivity index (χ2n) is 6.08. The predicted molar refractivity (Wildman–Crippen MR) is 74.9 cm³/mol. The molecule has 2 heteroatoms. The van der Waals surface area contributed by atoms with Gasteiger partial charge in [-0.1, -0.05) is 34.1 Å². The maximum absolute atomic E-state index is 12.1. The van der Waals surface area contributed by atoms with Gasteiger partial charge in [0.05, 0.1) is 0 Å². The minimum Gasteiger partial charge on any atom is -0.354 e. The lowest BCUT2D eigenvalue weighted by Gasteiger charge is -2.21. The van der Waals surface area contributed by atoms with E-state index >= 15 is 0 Å². The second-order valence-corrected chi connectivity index (χ2v) is 6.08. The summed E-state index contributed by atoms with van der Waals surface area (Å²) in [7, 11) is 0. The van der Waals surface area contributed by atoms with Gasteiger partial charge in [-0.2, -0.15) is 0 Å². The van der Waals surface area contributed by atoms with E-state index in [1.807, 2.05) is 13.8 Å². The molecular weight excluding hydrogens is 210 g/mol. The molecule has 0 rings (SSSR count). The molecule has 1 amide bonds. The van der Waals surface area contributed by atoms with Gasteiger partial charge in [0.25, 0.3) is 0 Å². The van der Waals surface area contributed by atoms with Crippen LogP contribution in [-0.4, -0.2) is 11.9 Å². The third-order valence-electron chi connectivity index (χ3n) is 3.26. The molecule has 102 valence electrons. The predicted octanol–water partition coefficient (Wildman–Crippen LogP) is 4.00. The summed E-state index contributed by atoms with van der Waals surface area (Å²) in [5.74, 6) is 1.77. The Hall–Kier alpha value is -0.530. The highest BCUT2D eigenvalue weighted by atomic mass is 16.1. The van der Waals surface area contributed by atoms with Crippen molar-refractivity contribution in [3.63, 3.8) is 0 Å². The Kier molecular flexibility index (Phi) is 8.28. The van der Waals surface area contributed by atoms with Crippen molar-refractivity contribution in [3.05, 3.63) is 0 Å². The topological polar surface area (TPSA) is 29.1 Å². The zero-order valence-corrected chi connectivity index (χ0v) is 12.5. The van der Waals surface area contributed by atoms with Gasteiger partial charge in [-0.3, -0.25) is 4.79 Å². The third kappa shape index (κ3) is 8.23. The summed E-state index contributed by atoms with van der Waals surface area (Å²) in [6.07, 6.45) is 4.42. The van der Waals surface area contributed by atoms with Crippen molar-refractivity contribution < 1.29 is 4.79 Å². The van der Waals surface area contributed by atoms with Gasteiger partial charge in [0.1, 0.15) is 0 Å². The molecule has 0 aliphatic rings. The summed E-state index contributed by atoms with van der Waals surface area (Å²) in [6, 6.07) is 0.251. The number of carbonyl (C=O) groups is 1. The summed E-state index contributed by atoms with van der Waals surface area (Å²) < 4.78 is 0. The van der Waals surface area contributed by atoms with Gasteiger partial charge in [-0.25, -0.2) is 0 Å². The molecule has 0 aromatic carbocycles. The number of hydrogen-bond acceptors (Lipinski definition) is 1. The van der Waals surface area contributed by atoms with Crippen LogP contribution in [0.2, 0.25) is 0 Å². The smallest absolute Gasteiger partial charge is 0.223 e. The highest BCUT2D eigenvalue weighted by Crippen LogP contribution is 2.21. The van der Waals surface area contributed by atoms with E-state index in [9.17, 15) is 4.79 Å². The maximum atomic E-state index is 12.1. The molecule has 1 N–H and O–H groups in total. The van der Waals surface area contributed by atoms with Crippen LogP contribution in [0.5, 0.6) is 0 Å². The SMILES string of the molecule is CCC(C)CCC(CC(C)C)C(=O)NC(C)C. The quantitative estimate of drug-likeness (QED) is 0.684. The maximum Gasteiger partial charge on any atom is 0.223 e. The van der Waals surface area contributed by atoms with Gasteiger partial charge in [-0.05, 0) is 44.9 Å². The van der Waals surface area contributed by atoms with Crippen molar-refractivity contribution in [3.8, 4) is 0 Å². The van der Waals surface area contributed by atoms with E-state index in [4.69, 9.17) is 0 Å².